The lowest BCUT2D eigenvalue weighted by atomic mass is 10.1. The van der Waals surface area contributed by atoms with Crippen LogP contribution >= 0.6 is 0 Å². The second-order valence-corrected chi connectivity index (χ2v) is 5.24. The summed E-state index contributed by atoms with van der Waals surface area (Å²) in [6, 6.07) is 1.42. The van der Waals surface area contributed by atoms with E-state index in [-0.39, 0.29) is 0 Å². The third-order valence-electron chi connectivity index (χ3n) is 4.31. The minimum Gasteiger partial charge on any atom is -0.317 e. The van der Waals surface area contributed by atoms with Crippen LogP contribution in [-0.4, -0.2) is 44.8 Å². The van der Waals surface area contributed by atoms with Gasteiger partial charge in [-0.25, -0.2) is 0 Å². The van der Waals surface area contributed by atoms with Gasteiger partial charge in [-0.05, 0) is 32.7 Å². The largest absolute Gasteiger partial charge is 0.317 e. The Bertz CT molecular complexity index is 400. The molecule has 3 heterocycles. The SMILES string of the molecule is Cc1nnc(CNC2CCN3CCCC23)n1C. The van der Waals surface area contributed by atoms with Gasteiger partial charge in [-0.3, -0.25) is 4.90 Å². The van der Waals surface area contributed by atoms with Crippen LogP contribution in [0.3, 0.4) is 0 Å². The van der Waals surface area contributed by atoms with Crippen molar-refractivity contribution in [3.63, 3.8) is 0 Å². The van der Waals surface area contributed by atoms with Crippen molar-refractivity contribution in [1.82, 2.24) is 25.0 Å². The molecule has 2 fully saturated rings. The van der Waals surface area contributed by atoms with Crippen LogP contribution in [0.25, 0.3) is 0 Å². The van der Waals surface area contributed by atoms with Crippen molar-refractivity contribution in [3.8, 4) is 0 Å². The lowest BCUT2D eigenvalue weighted by Gasteiger charge is -2.21. The van der Waals surface area contributed by atoms with Crippen molar-refractivity contribution in [2.24, 2.45) is 7.05 Å². The average molecular weight is 235 g/mol. The number of aryl methyl sites for hydroxylation is 1. The molecule has 0 radical (unpaired) electrons. The summed E-state index contributed by atoms with van der Waals surface area (Å²) in [4.78, 5) is 2.62. The van der Waals surface area contributed by atoms with E-state index in [9.17, 15) is 0 Å². The molecule has 5 nitrogen and oxygen atoms in total. The van der Waals surface area contributed by atoms with Gasteiger partial charge in [-0.2, -0.15) is 0 Å². The molecule has 0 aromatic carbocycles. The Labute approximate surface area is 102 Å². The van der Waals surface area contributed by atoms with Gasteiger partial charge in [0.2, 0.25) is 0 Å². The van der Waals surface area contributed by atoms with E-state index in [2.05, 4.69) is 25.0 Å². The summed E-state index contributed by atoms with van der Waals surface area (Å²) in [7, 11) is 2.03. The smallest absolute Gasteiger partial charge is 0.146 e. The monoisotopic (exact) mass is 235 g/mol. The van der Waals surface area contributed by atoms with E-state index in [1.807, 2.05) is 14.0 Å². The molecule has 2 aliphatic heterocycles. The highest BCUT2D eigenvalue weighted by atomic mass is 15.3. The fourth-order valence-electron chi connectivity index (χ4n) is 3.15. The molecular formula is C12H21N5. The number of nitrogens with one attached hydrogen (secondary N) is 1. The fourth-order valence-corrected chi connectivity index (χ4v) is 3.15. The van der Waals surface area contributed by atoms with E-state index >= 15 is 0 Å². The summed E-state index contributed by atoms with van der Waals surface area (Å²) < 4.78 is 2.06. The minimum absolute atomic E-state index is 0.648. The first-order chi connectivity index (χ1) is 8.25. The zero-order valence-corrected chi connectivity index (χ0v) is 10.7. The molecule has 1 N–H and O–H groups in total. The van der Waals surface area contributed by atoms with Gasteiger partial charge >= 0.3 is 0 Å². The zero-order valence-electron chi connectivity index (χ0n) is 10.7. The molecule has 0 amide bonds. The molecular weight excluding hydrogens is 214 g/mol. The molecule has 2 saturated heterocycles. The van der Waals surface area contributed by atoms with Crippen LogP contribution in [0.15, 0.2) is 0 Å². The predicted molar refractivity (Wildman–Crippen MR) is 65.6 cm³/mol. The van der Waals surface area contributed by atoms with Crippen molar-refractivity contribution in [2.45, 2.75) is 44.8 Å². The normalized spacial score (nSPS) is 28.8. The highest BCUT2D eigenvalue weighted by Crippen LogP contribution is 2.27. The van der Waals surface area contributed by atoms with Crippen LogP contribution in [0.4, 0.5) is 0 Å². The van der Waals surface area contributed by atoms with Crippen LogP contribution < -0.4 is 5.32 Å². The van der Waals surface area contributed by atoms with E-state index in [1.165, 1.54) is 32.4 Å². The maximum Gasteiger partial charge on any atom is 0.146 e. The molecule has 0 aliphatic carbocycles. The summed E-state index contributed by atoms with van der Waals surface area (Å²) in [6.07, 6.45) is 4.00. The molecule has 1 aromatic heterocycles. The van der Waals surface area contributed by atoms with Gasteiger partial charge in [0.25, 0.3) is 0 Å². The van der Waals surface area contributed by atoms with Crippen molar-refractivity contribution >= 4 is 0 Å². The first-order valence-electron chi connectivity index (χ1n) is 6.58. The Kier molecular flexibility index (Phi) is 2.88. The molecule has 5 heteroatoms. The van der Waals surface area contributed by atoms with E-state index in [0.717, 1.165) is 24.2 Å². The second kappa shape index (κ2) is 4.38. The zero-order chi connectivity index (χ0) is 11.8. The van der Waals surface area contributed by atoms with Gasteiger partial charge in [0.15, 0.2) is 0 Å². The van der Waals surface area contributed by atoms with E-state index in [4.69, 9.17) is 0 Å². The quantitative estimate of drug-likeness (QED) is 0.826. The Balaban J connectivity index is 1.59. The summed E-state index contributed by atoms with van der Waals surface area (Å²) in [5.74, 6) is 2.02. The van der Waals surface area contributed by atoms with Gasteiger partial charge in [0, 0.05) is 25.7 Å². The van der Waals surface area contributed by atoms with Crippen LogP contribution in [-0.2, 0) is 13.6 Å². The molecule has 2 atom stereocenters. The molecule has 0 spiro atoms. The van der Waals surface area contributed by atoms with Gasteiger partial charge in [-0.15, -0.1) is 10.2 Å². The molecule has 17 heavy (non-hydrogen) atoms. The molecule has 3 rings (SSSR count). The number of hydrogen-bond acceptors (Lipinski definition) is 4. The summed E-state index contributed by atoms with van der Waals surface area (Å²) in [5.41, 5.74) is 0. The van der Waals surface area contributed by atoms with Crippen molar-refractivity contribution in [1.29, 1.82) is 0 Å². The maximum absolute atomic E-state index is 4.20. The van der Waals surface area contributed by atoms with Crippen LogP contribution in [0.2, 0.25) is 0 Å². The lowest BCUT2D eigenvalue weighted by Crippen LogP contribution is -2.39. The summed E-state index contributed by atoms with van der Waals surface area (Å²) in [6.45, 7) is 5.39. The third kappa shape index (κ3) is 1.98. The number of aromatic nitrogens is 3. The third-order valence-corrected chi connectivity index (χ3v) is 4.31. The standard InChI is InChI=1S/C12H21N5/c1-9-14-15-12(16(9)2)8-13-10-5-7-17-6-3-4-11(10)17/h10-11,13H,3-8H2,1-2H3. The lowest BCUT2D eigenvalue weighted by molar-refractivity contribution is 0.297. The molecule has 0 bridgehead atoms. The number of fused-ring (bicyclic) bond motifs is 1. The van der Waals surface area contributed by atoms with Crippen LogP contribution in [0, 0.1) is 6.92 Å². The average Bonchev–Trinajstić information content (AvgIpc) is 2.97. The Morgan fingerprint density at radius 1 is 1.29 bits per heavy atom. The molecule has 2 unspecified atom stereocenters. The van der Waals surface area contributed by atoms with Gasteiger partial charge in [-0.1, -0.05) is 0 Å². The fraction of sp³-hybridized carbons (Fsp3) is 0.833. The van der Waals surface area contributed by atoms with Crippen molar-refractivity contribution < 1.29 is 0 Å². The Hall–Kier alpha value is -0.940. The van der Waals surface area contributed by atoms with Gasteiger partial charge in [0.1, 0.15) is 11.6 Å². The number of nitrogens with zero attached hydrogens (tertiary/aromatic N) is 4. The van der Waals surface area contributed by atoms with E-state index < -0.39 is 0 Å². The predicted octanol–water partition coefficient (Wildman–Crippen LogP) is 0.450. The van der Waals surface area contributed by atoms with Crippen LogP contribution in [0.5, 0.6) is 0 Å². The Morgan fingerprint density at radius 2 is 2.18 bits per heavy atom. The van der Waals surface area contributed by atoms with Crippen molar-refractivity contribution in [2.75, 3.05) is 13.1 Å². The molecule has 94 valence electrons. The maximum atomic E-state index is 4.20. The number of rotatable bonds is 3. The Morgan fingerprint density at radius 3 is 2.94 bits per heavy atom. The van der Waals surface area contributed by atoms with E-state index in [0.29, 0.717) is 6.04 Å². The topological polar surface area (TPSA) is 46.0 Å². The first kappa shape index (κ1) is 11.2. The minimum atomic E-state index is 0.648. The molecule has 2 aliphatic rings. The van der Waals surface area contributed by atoms with Gasteiger partial charge in [0.05, 0.1) is 6.54 Å². The number of hydrogen-bond donors (Lipinski definition) is 1. The first-order valence-corrected chi connectivity index (χ1v) is 6.58. The highest BCUT2D eigenvalue weighted by molar-refractivity contribution is 4.98. The summed E-state index contributed by atoms with van der Waals surface area (Å²) in [5, 5.41) is 11.9. The van der Waals surface area contributed by atoms with Crippen molar-refractivity contribution in [3.05, 3.63) is 11.6 Å². The second-order valence-electron chi connectivity index (χ2n) is 5.24. The molecule has 0 saturated carbocycles. The summed E-state index contributed by atoms with van der Waals surface area (Å²) >= 11 is 0. The van der Waals surface area contributed by atoms with Gasteiger partial charge < -0.3 is 9.88 Å². The highest BCUT2D eigenvalue weighted by Gasteiger charge is 2.36. The van der Waals surface area contributed by atoms with Crippen LogP contribution in [0.1, 0.15) is 30.9 Å². The van der Waals surface area contributed by atoms with E-state index in [1.54, 1.807) is 0 Å². The molecule has 1 aromatic rings.